The van der Waals surface area contributed by atoms with Crippen molar-refractivity contribution in [2.45, 2.75) is 33.2 Å². The predicted molar refractivity (Wildman–Crippen MR) is 70.3 cm³/mol. The Kier molecular flexibility index (Phi) is 3.48. The van der Waals surface area contributed by atoms with Gasteiger partial charge in [-0.25, -0.2) is 9.37 Å². The van der Waals surface area contributed by atoms with E-state index >= 15 is 0 Å². The molecule has 0 fully saturated rings. The molecule has 2 N–H and O–H groups in total. The van der Waals surface area contributed by atoms with Crippen molar-refractivity contribution in [3.63, 3.8) is 0 Å². The molecule has 0 aliphatic heterocycles. The van der Waals surface area contributed by atoms with Crippen LogP contribution < -0.4 is 5.73 Å². The largest absolute Gasteiger partial charge is 0.328 e. The first kappa shape index (κ1) is 12.8. The number of nitrogens with two attached hydrogens (primary N) is 1. The van der Waals surface area contributed by atoms with Crippen LogP contribution in [0.25, 0.3) is 5.69 Å². The van der Waals surface area contributed by atoms with Crippen LogP contribution in [0.1, 0.15) is 23.9 Å². The first-order valence-corrected chi connectivity index (χ1v) is 6.04. The number of nitrogens with zero attached hydrogens (tertiary/aromatic N) is 2. The summed E-state index contributed by atoms with van der Waals surface area (Å²) < 4.78 is 15.9. The number of rotatable bonds is 3. The Morgan fingerprint density at radius 3 is 2.67 bits per heavy atom. The Bertz CT molecular complexity index is 558. The van der Waals surface area contributed by atoms with E-state index < -0.39 is 0 Å². The molecule has 2 rings (SSSR count). The molecule has 1 heterocycles. The Hall–Kier alpha value is -1.68. The van der Waals surface area contributed by atoms with Gasteiger partial charge in [-0.05, 0) is 39.3 Å². The third-order valence-corrected chi connectivity index (χ3v) is 3.13. The van der Waals surface area contributed by atoms with Crippen molar-refractivity contribution in [3.8, 4) is 5.69 Å². The Labute approximate surface area is 106 Å². The molecule has 1 unspecified atom stereocenters. The summed E-state index contributed by atoms with van der Waals surface area (Å²) in [6, 6.07) is 5.00. The summed E-state index contributed by atoms with van der Waals surface area (Å²) in [6.45, 7) is 5.79. The molecule has 0 aliphatic rings. The zero-order valence-electron chi connectivity index (χ0n) is 10.9. The second-order valence-electron chi connectivity index (χ2n) is 4.70. The van der Waals surface area contributed by atoms with Crippen LogP contribution >= 0.6 is 0 Å². The van der Waals surface area contributed by atoms with E-state index in [2.05, 4.69) is 4.98 Å². The molecule has 3 nitrogen and oxygen atoms in total. The molecule has 18 heavy (non-hydrogen) atoms. The van der Waals surface area contributed by atoms with Crippen LogP contribution in [0.15, 0.2) is 24.5 Å². The van der Waals surface area contributed by atoms with Gasteiger partial charge in [0.2, 0.25) is 0 Å². The van der Waals surface area contributed by atoms with E-state index in [9.17, 15) is 4.39 Å². The molecule has 0 saturated carbocycles. The normalized spacial score (nSPS) is 12.7. The van der Waals surface area contributed by atoms with Gasteiger partial charge >= 0.3 is 0 Å². The topological polar surface area (TPSA) is 43.8 Å². The fraction of sp³-hybridized carbons (Fsp3) is 0.357. The summed E-state index contributed by atoms with van der Waals surface area (Å²) in [5.41, 5.74) is 9.23. The lowest BCUT2D eigenvalue weighted by molar-refractivity contribution is 0.593. The van der Waals surface area contributed by atoms with Gasteiger partial charge in [-0.3, -0.25) is 0 Å². The maximum Gasteiger partial charge on any atom is 0.128 e. The summed E-state index contributed by atoms with van der Waals surface area (Å²) in [5.74, 6) is -0.212. The van der Waals surface area contributed by atoms with E-state index in [-0.39, 0.29) is 11.9 Å². The molecule has 0 radical (unpaired) electrons. The van der Waals surface area contributed by atoms with Gasteiger partial charge < -0.3 is 10.3 Å². The van der Waals surface area contributed by atoms with E-state index in [0.717, 1.165) is 17.1 Å². The predicted octanol–water partition coefficient (Wildman–Crippen LogP) is 2.52. The molecular weight excluding hydrogens is 229 g/mol. The SMILES string of the molecule is Cc1ncn(-c2cccc(F)c2CC(C)N)c1C. The standard InChI is InChI=1S/C14H18FN3/c1-9(16)7-12-13(15)5-4-6-14(12)18-8-17-10(2)11(18)3/h4-6,8-9H,7,16H2,1-3H3. The van der Waals surface area contributed by atoms with Crippen LogP contribution in [0.2, 0.25) is 0 Å². The monoisotopic (exact) mass is 247 g/mol. The minimum Gasteiger partial charge on any atom is -0.328 e. The third-order valence-electron chi connectivity index (χ3n) is 3.13. The van der Waals surface area contributed by atoms with Gasteiger partial charge in [0.1, 0.15) is 5.82 Å². The van der Waals surface area contributed by atoms with Crippen molar-refractivity contribution in [2.24, 2.45) is 5.73 Å². The van der Waals surface area contributed by atoms with Crippen LogP contribution in [0.3, 0.4) is 0 Å². The zero-order valence-corrected chi connectivity index (χ0v) is 10.9. The van der Waals surface area contributed by atoms with E-state index in [1.807, 2.05) is 31.4 Å². The van der Waals surface area contributed by atoms with Gasteiger partial charge in [0.05, 0.1) is 17.7 Å². The summed E-state index contributed by atoms with van der Waals surface area (Å²) >= 11 is 0. The first-order valence-electron chi connectivity index (χ1n) is 6.04. The fourth-order valence-corrected chi connectivity index (χ4v) is 2.04. The number of imidazole rings is 1. The average Bonchev–Trinajstić information content (AvgIpc) is 2.62. The van der Waals surface area contributed by atoms with Gasteiger partial charge in [0, 0.05) is 17.3 Å². The van der Waals surface area contributed by atoms with Crippen LogP contribution in [0.4, 0.5) is 4.39 Å². The van der Waals surface area contributed by atoms with Gasteiger partial charge in [-0.1, -0.05) is 6.07 Å². The fourth-order valence-electron chi connectivity index (χ4n) is 2.04. The molecule has 0 aliphatic carbocycles. The van der Waals surface area contributed by atoms with E-state index in [4.69, 9.17) is 5.73 Å². The summed E-state index contributed by atoms with van der Waals surface area (Å²) in [7, 11) is 0. The van der Waals surface area contributed by atoms with Crippen LogP contribution in [0, 0.1) is 19.7 Å². The maximum absolute atomic E-state index is 13.9. The van der Waals surface area contributed by atoms with Gasteiger partial charge in [-0.2, -0.15) is 0 Å². The summed E-state index contributed by atoms with van der Waals surface area (Å²) in [6.07, 6.45) is 2.24. The number of benzene rings is 1. The number of aromatic nitrogens is 2. The van der Waals surface area contributed by atoms with Gasteiger partial charge in [-0.15, -0.1) is 0 Å². The highest BCUT2D eigenvalue weighted by Crippen LogP contribution is 2.22. The molecule has 1 aromatic carbocycles. The lowest BCUT2D eigenvalue weighted by atomic mass is 10.0. The Balaban J connectivity index is 2.57. The van der Waals surface area contributed by atoms with Gasteiger partial charge in [0.25, 0.3) is 0 Å². The second-order valence-corrected chi connectivity index (χ2v) is 4.70. The minimum absolute atomic E-state index is 0.0782. The molecule has 96 valence electrons. The lowest BCUT2D eigenvalue weighted by Gasteiger charge is -2.14. The molecular formula is C14H18FN3. The smallest absolute Gasteiger partial charge is 0.128 e. The van der Waals surface area contributed by atoms with E-state index in [0.29, 0.717) is 12.0 Å². The van der Waals surface area contributed by atoms with Crippen molar-refractivity contribution < 1.29 is 4.39 Å². The van der Waals surface area contributed by atoms with Crippen molar-refractivity contribution in [1.29, 1.82) is 0 Å². The highest BCUT2D eigenvalue weighted by molar-refractivity contribution is 5.44. The molecule has 0 amide bonds. The quantitative estimate of drug-likeness (QED) is 0.905. The minimum atomic E-state index is -0.212. The molecule has 2 aromatic rings. The van der Waals surface area contributed by atoms with E-state index in [1.54, 1.807) is 12.4 Å². The Morgan fingerprint density at radius 1 is 1.39 bits per heavy atom. The van der Waals surface area contributed by atoms with Crippen molar-refractivity contribution in [1.82, 2.24) is 9.55 Å². The molecule has 0 saturated heterocycles. The van der Waals surface area contributed by atoms with Gasteiger partial charge in [0.15, 0.2) is 0 Å². The second kappa shape index (κ2) is 4.90. The third kappa shape index (κ3) is 2.29. The molecule has 0 bridgehead atoms. The lowest BCUT2D eigenvalue weighted by Crippen LogP contribution is -2.20. The maximum atomic E-state index is 13.9. The molecule has 1 aromatic heterocycles. The highest BCUT2D eigenvalue weighted by atomic mass is 19.1. The molecule has 0 spiro atoms. The summed E-state index contributed by atoms with van der Waals surface area (Å²) in [4.78, 5) is 4.25. The van der Waals surface area contributed by atoms with Crippen LogP contribution in [-0.2, 0) is 6.42 Å². The van der Waals surface area contributed by atoms with Crippen LogP contribution in [0.5, 0.6) is 0 Å². The Morgan fingerprint density at radius 2 is 2.11 bits per heavy atom. The molecule has 1 atom stereocenters. The molecule has 4 heteroatoms. The van der Waals surface area contributed by atoms with E-state index in [1.165, 1.54) is 6.07 Å². The number of aryl methyl sites for hydroxylation is 1. The number of hydrogen-bond donors (Lipinski definition) is 1. The van der Waals surface area contributed by atoms with Crippen molar-refractivity contribution in [2.75, 3.05) is 0 Å². The van der Waals surface area contributed by atoms with Crippen LogP contribution in [-0.4, -0.2) is 15.6 Å². The van der Waals surface area contributed by atoms with Crippen molar-refractivity contribution >= 4 is 0 Å². The summed E-state index contributed by atoms with van der Waals surface area (Å²) in [5, 5.41) is 0. The first-order chi connectivity index (χ1) is 8.50. The zero-order chi connectivity index (χ0) is 13.3. The number of hydrogen-bond acceptors (Lipinski definition) is 2. The van der Waals surface area contributed by atoms with Crippen molar-refractivity contribution in [3.05, 3.63) is 47.3 Å². The number of halogens is 1. The average molecular weight is 247 g/mol. The highest BCUT2D eigenvalue weighted by Gasteiger charge is 2.13.